The Kier molecular flexibility index (Phi) is 6.24. The van der Waals surface area contributed by atoms with Crippen molar-refractivity contribution in [1.82, 2.24) is 0 Å². The molecule has 0 aliphatic heterocycles. The standard InChI is InChI=1S/C20H26N2O2/c1-14(2)13-15(3)21-16-9-11-17(12-10-16)22-19-8-6-5-7-18(19)20(23)24-4/h5-12,14-15,21-22H,13H2,1-4H3. The molecule has 4 heteroatoms. The minimum atomic E-state index is -0.348. The summed E-state index contributed by atoms with van der Waals surface area (Å²) in [7, 11) is 1.39. The highest BCUT2D eigenvalue weighted by Crippen LogP contribution is 2.23. The summed E-state index contributed by atoms with van der Waals surface area (Å²) < 4.78 is 4.82. The lowest BCUT2D eigenvalue weighted by atomic mass is 10.1. The number of carbonyl (C=O) groups excluding carboxylic acids is 1. The Morgan fingerprint density at radius 1 is 1.00 bits per heavy atom. The fourth-order valence-corrected chi connectivity index (χ4v) is 2.74. The number of ether oxygens (including phenoxy) is 1. The van der Waals surface area contributed by atoms with E-state index in [0.717, 1.165) is 23.5 Å². The Morgan fingerprint density at radius 2 is 1.62 bits per heavy atom. The zero-order valence-corrected chi connectivity index (χ0v) is 14.8. The van der Waals surface area contributed by atoms with E-state index in [0.29, 0.717) is 17.5 Å². The molecule has 0 saturated carbocycles. The van der Waals surface area contributed by atoms with E-state index >= 15 is 0 Å². The molecule has 0 aliphatic rings. The Hall–Kier alpha value is -2.49. The highest BCUT2D eigenvalue weighted by molar-refractivity contribution is 5.96. The smallest absolute Gasteiger partial charge is 0.339 e. The number of carbonyl (C=O) groups is 1. The summed E-state index contributed by atoms with van der Waals surface area (Å²) in [5.74, 6) is 0.321. The van der Waals surface area contributed by atoms with Gasteiger partial charge in [-0.15, -0.1) is 0 Å². The summed E-state index contributed by atoms with van der Waals surface area (Å²) in [6.07, 6.45) is 1.13. The van der Waals surface area contributed by atoms with Gasteiger partial charge in [0, 0.05) is 17.4 Å². The van der Waals surface area contributed by atoms with Gasteiger partial charge in [-0.3, -0.25) is 0 Å². The Morgan fingerprint density at radius 3 is 2.25 bits per heavy atom. The van der Waals surface area contributed by atoms with Crippen LogP contribution in [0, 0.1) is 5.92 Å². The van der Waals surface area contributed by atoms with Crippen molar-refractivity contribution in [2.75, 3.05) is 17.7 Å². The monoisotopic (exact) mass is 326 g/mol. The second-order valence-corrected chi connectivity index (χ2v) is 6.41. The molecule has 0 spiro atoms. The van der Waals surface area contributed by atoms with Gasteiger partial charge in [0.2, 0.25) is 0 Å². The summed E-state index contributed by atoms with van der Waals surface area (Å²) in [4.78, 5) is 11.8. The molecule has 2 aromatic rings. The maximum absolute atomic E-state index is 11.8. The second-order valence-electron chi connectivity index (χ2n) is 6.41. The number of hydrogen-bond acceptors (Lipinski definition) is 4. The molecule has 0 amide bonds. The van der Waals surface area contributed by atoms with E-state index in [-0.39, 0.29) is 5.97 Å². The first kappa shape index (κ1) is 17.9. The topological polar surface area (TPSA) is 50.4 Å². The highest BCUT2D eigenvalue weighted by Gasteiger charge is 2.11. The van der Waals surface area contributed by atoms with Gasteiger partial charge >= 0.3 is 5.97 Å². The molecule has 128 valence electrons. The summed E-state index contributed by atoms with van der Waals surface area (Å²) in [6.45, 7) is 6.65. The molecule has 0 aliphatic carbocycles. The largest absolute Gasteiger partial charge is 0.465 e. The van der Waals surface area contributed by atoms with Crippen molar-refractivity contribution in [2.45, 2.75) is 33.2 Å². The fraction of sp³-hybridized carbons (Fsp3) is 0.350. The van der Waals surface area contributed by atoms with Crippen LogP contribution in [0.2, 0.25) is 0 Å². The first-order chi connectivity index (χ1) is 11.5. The summed E-state index contributed by atoms with van der Waals surface area (Å²) in [5.41, 5.74) is 3.27. The van der Waals surface area contributed by atoms with E-state index in [1.54, 1.807) is 6.07 Å². The van der Waals surface area contributed by atoms with Gasteiger partial charge in [0.1, 0.15) is 0 Å². The number of benzene rings is 2. The molecular weight excluding hydrogens is 300 g/mol. The molecule has 2 rings (SSSR count). The van der Waals surface area contributed by atoms with Crippen molar-refractivity contribution in [3.8, 4) is 0 Å². The molecule has 0 fully saturated rings. The number of methoxy groups -OCH3 is 1. The Bertz CT molecular complexity index is 666. The van der Waals surface area contributed by atoms with Crippen molar-refractivity contribution in [1.29, 1.82) is 0 Å². The second kappa shape index (κ2) is 8.39. The van der Waals surface area contributed by atoms with Gasteiger partial charge in [-0.1, -0.05) is 26.0 Å². The van der Waals surface area contributed by atoms with E-state index in [1.165, 1.54) is 7.11 Å². The molecule has 2 N–H and O–H groups in total. The van der Waals surface area contributed by atoms with Crippen molar-refractivity contribution < 1.29 is 9.53 Å². The molecule has 0 saturated heterocycles. The highest BCUT2D eigenvalue weighted by atomic mass is 16.5. The van der Waals surface area contributed by atoms with Crippen LogP contribution in [0.3, 0.4) is 0 Å². The minimum absolute atomic E-state index is 0.348. The molecule has 2 aromatic carbocycles. The van der Waals surface area contributed by atoms with E-state index < -0.39 is 0 Å². The zero-order valence-electron chi connectivity index (χ0n) is 14.8. The van der Waals surface area contributed by atoms with Gasteiger partial charge in [-0.05, 0) is 55.7 Å². The Balaban J connectivity index is 2.06. The third-order valence-electron chi connectivity index (χ3n) is 3.73. The van der Waals surface area contributed by atoms with Crippen molar-refractivity contribution in [3.63, 3.8) is 0 Å². The van der Waals surface area contributed by atoms with Gasteiger partial charge < -0.3 is 15.4 Å². The summed E-state index contributed by atoms with van der Waals surface area (Å²) in [5, 5.41) is 6.77. The van der Waals surface area contributed by atoms with Crippen LogP contribution in [0.25, 0.3) is 0 Å². The van der Waals surface area contributed by atoms with E-state index in [2.05, 4.69) is 31.4 Å². The van der Waals surface area contributed by atoms with Crippen LogP contribution in [-0.4, -0.2) is 19.1 Å². The maximum atomic E-state index is 11.8. The lowest BCUT2D eigenvalue weighted by molar-refractivity contribution is 0.0602. The van der Waals surface area contributed by atoms with Crippen molar-refractivity contribution in [3.05, 3.63) is 54.1 Å². The summed E-state index contributed by atoms with van der Waals surface area (Å²) >= 11 is 0. The molecule has 24 heavy (non-hydrogen) atoms. The van der Waals surface area contributed by atoms with Gasteiger partial charge in [0.05, 0.1) is 18.4 Å². The number of esters is 1. The first-order valence-electron chi connectivity index (χ1n) is 8.30. The van der Waals surface area contributed by atoms with E-state index in [1.807, 2.05) is 42.5 Å². The van der Waals surface area contributed by atoms with E-state index in [4.69, 9.17) is 4.74 Å². The third kappa shape index (κ3) is 5.01. The predicted molar refractivity (Wildman–Crippen MR) is 100 cm³/mol. The average molecular weight is 326 g/mol. The number of para-hydroxylation sites is 1. The maximum Gasteiger partial charge on any atom is 0.339 e. The van der Waals surface area contributed by atoms with Crippen LogP contribution in [0.4, 0.5) is 17.1 Å². The van der Waals surface area contributed by atoms with Crippen molar-refractivity contribution in [2.24, 2.45) is 5.92 Å². The molecule has 0 aromatic heterocycles. The zero-order chi connectivity index (χ0) is 17.5. The number of anilines is 3. The molecule has 1 atom stereocenters. The van der Waals surface area contributed by atoms with Crippen LogP contribution in [0.15, 0.2) is 48.5 Å². The third-order valence-corrected chi connectivity index (χ3v) is 3.73. The number of rotatable bonds is 7. The van der Waals surface area contributed by atoms with E-state index in [9.17, 15) is 4.79 Å². The number of hydrogen-bond donors (Lipinski definition) is 2. The average Bonchev–Trinajstić information content (AvgIpc) is 2.55. The van der Waals surface area contributed by atoms with Gasteiger partial charge in [-0.25, -0.2) is 4.79 Å². The van der Waals surface area contributed by atoms with Crippen LogP contribution in [0.5, 0.6) is 0 Å². The molecule has 0 radical (unpaired) electrons. The van der Waals surface area contributed by atoms with Crippen LogP contribution < -0.4 is 10.6 Å². The molecule has 1 unspecified atom stereocenters. The van der Waals surface area contributed by atoms with Gasteiger partial charge in [0.15, 0.2) is 0 Å². The normalized spacial score (nSPS) is 11.9. The van der Waals surface area contributed by atoms with Crippen LogP contribution >= 0.6 is 0 Å². The quantitative estimate of drug-likeness (QED) is 0.698. The minimum Gasteiger partial charge on any atom is -0.465 e. The number of nitrogens with one attached hydrogen (secondary N) is 2. The lowest BCUT2D eigenvalue weighted by Crippen LogP contribution is -2.17. The summed E-state index contributed by atoms with van der Waals surface area (Å²) in [6, 6.07) is 15.8. The Labute approximate surface area is 144 Å². The molecule has 4 nitrogen and oxygen atoms in total. The SMILES string of the molecule is COC(=O)c1ccccc1Nc1ccc(NC(C)CC(C)C)cc1. The van der Waals surface area contributed by atoms with Gasteiger partial charge in [-0.2, -0.15) is 0 Å². The molecule has 0 bridgehead atoms. The van der Waals surface area contributed by atoms with Crippen LogP contribution in [-0.2, 0) is 4.74 Å². The molecular formula is C20H26N2O2. The fourth-order valence-electron chi connectivity index (χ4n) is 2.74. The lowest BCUT2D eigenvalue weighted by Gasteiger charge is -2.17. The predicted octanol–water partition coefficient (Wildman–Crippen LogP) is 5.06. The molecule has 0 heterocycles. The van der Waals surface area contributed by atoms with Crippen molar-refractivity contribution >= 4 is 23.0 Å². The first-order valence-corrected chi connectivity index (χ1v) is 8.30. The van der Waals surface area contributed by atoms with Gasteiger partial charge in [0.25, 0.3) is 0 Å². The van der Waals surface area contributed by atoms with Crippen LogP contribution in [0.1, 0.15) is 37.6 Å².